The van der Waals surface area contributed by atoms with Gasteiger partial charge in [-0.15, -0.1) is 24.0 Å². The molecule has 6 nitrogen and oxygen atoms in total. The second kappa shape index (κ2) is 11.0. The van der Waals surface area contributed by atoms with Crippen LogP contribution in [0.3, 0.4) is 0 Å². The number of hydrogen-bond acceptors (Lipinski definition) is 3. The van der Waals surface area contributed by atoms with Crippen molar-refractivity contribution in [3.05, 3.63) is 17.0 Å². The number of nitrogens with one attached hydrogen (secondary N) is 2. The van der Waals surface area contributed by atoms with Crippen LogP contribution in [0.2, 0.25) is 0 Å². The van der Waals surface area contributed by atoms with Crippen molar-refractivity contribution in [3.8, 4) is 0 Å². The van der Waals surface area contributed by atoms with E-state index in [-0.39, 0.29) is 24.0 Å². The summed E-state index contributed by atoms with van der Waals surface area (Å²) < 4.78 is 7.17. The summed E-state index contributed by atoms with van der Waals surface area (Å²) in [4.78, 5) is 4.38. The standard InChI is InChI=1S/C18H33N5O.HI/c1-13-6-8-16(9-7-13)21-18(19-4)20-12-17-14(2)22-23(15(17)3)10-11-24-5;/h13,16H,6-12H2,1-5H3,(H2,19,20,21);1H. The monoisotopic (exact) mass is 463 g/mol. The summed E-state index contributed by atoms with van der Waals surface area (Å²) in [7, 11) is 3.55. The van der Waals surface area contributed by atoms with Crippen LogP contribution in [0.1, 0.15) is 49.6 Å². The highest BCUT2D eigenvalue weighted by Crippen LogP contribution is 2.23. The molecule has 2 N–H and O–H groups in total. The van der Waals surface area contributed by atoms with E-state index in [1.54, 1.807) is 7.11 Å². The Bertz CT molecular complexity index is 550. The number of aromatic nitrogens is 2. The molecule has 2 rings (SSSR count). The number of guanidine groups is 1. The van der Waals surface area contributed by atoms with Gasteiger partial charge in [0.1, 0.15) is 0 Å². The zero-order chi connectivity index (χ0) is 17.5. The van der Waals surface area contributed by atoms with Gasteiger partial charge in [-0.1, -0.05) is 6.92 Å². The van der Waals surface area contributed by atoms with Gasteiger partial charge in [0.15, 0.2) is 5.96 Å². The van der Waals surface area contributed by atoms with Crippen molar-refractivity contribution in [2.45, 2.75) is 65.6 Å². The first kappa shape index (κ1) is 22.2. The zero-order valence-electron chi connectivity index (χ0n) is 16.3. The van der Waals surface area contributed by atoms with E-state index in [0.717, 1.165) is 30.7 Å². The van der Waals surface area contributed by atoms with E-state index in [1.165, 1.54) is 36.9 Å². The Morgan fingerprint density at radius 1 is 1.28 bits per heavy atom. The number of aryl methyl sites for hydroxylation is 1. The van der Waals surface area contributed by atoms with E-state index in [9.17, 15) is 0 Å². The molecule has 1 aliphatic rings. The molecule has 1 aromatic heterocycles. The number of ether oxygens (including phenoxy) is 1. The Labute approximate surface area is 169 Å². The lowest BCUT2D eigenvalue weighted by Gasteiger charge is -2.28. The molecule has 0 bridgehead atoms. The average Bonchev–Trinajstić information content (AvgIpc) is 2.85. The van der Waals surface area contributed by atoms with Gasteiger partial charge in [-0.2, -0.15) is 5.10 Å². The van der Waals surface area contributed by atoms with Crippen LogP contribution >= 0.6 is 24.0 Å². The van der Waals surface area contributed by atoms with Crippen LogP contribution in [0.5, 0.6) is 0 Å². The summed E-state index contributed by atoms with van der Waals surface area (Å²) in [5, 5.41) is 11.6. The van der Waals surface area contributed by atoms with Gasteiger partial charge in [-0.3, -0.25) is 9.67 Å². The van der Waals surface area contributed by atoms with Crippen LogP contribution < -0.4 is 10.6 Å². The third kappa shape index (κ3) is 6.44. The van der Waals surface area contributed by atoms with Crippen LogP contribution in [-0.2, 0) is 17.8 Å². The molecule has 0 spiro atoms. The molecule has 1 aliphatic carbocycles. The summed E-state index contributed by atoms with van der Waals surface area (Å²) in [6.07, 6.45) is 5.07. The van der Waals surface area contributed by atoms with E-state index in [4.69, 9.17) is 4.74 Å². The van der Waals surface area contributed by atoms with Gasteiger partial charge < -0.3 is 15.4 Å². The van der Waals surface area contributed by atoms with Crippen molar-refractivity contribution in [1.82, 2.24) is 20.4 Å². The first-order chi connectivity index (χ1) is 11.5. The summed E-state index contributed by atoms with van der Waals surface area (Å²) in [5.74, 6) is 1.75. The van der Waals surface area contributed by atoms with Crippen LogP contribution in [0.15, 0.2) is 4.99 Å². The van der Waals surface area contributed by atoms with Crippen molar-refractivity contribution in [2.75, 3.05) is 20.8 Å². The van der Waals surface area contributed by atoms with Gasteiger partial charge in [0.25, 0.3) is 0 Å². The molecule has 0 atom stereocenters. The van der Waals surface area contributed by atoms with Gasteiger partial charge in [-0.05, 0) is 45.4 Å². The maximum Gasteiger partial charge on any atom is 0.191 e. The van der Waals surface area contributed by atoms with Crippen LogP contribution in [0.4, 0.5) is 0 Å². The second-order valence-electron chi connectivity index (χ2n) is 6.89. The zero-order valence-corrected chi connectivity index (χ0v) is 18.6. The smallest absolute Gasteiger partial charge is 0.191 e. The number of halogens is 1. The SMILES string of the molecule is CN=C(NCc1c(C)nn(CCOC)c1C)NC1CCC(C)CC1.I. The van der Waals surface area contributed by atoms with Crippen molar-refractivity contribution in [2.24, 2.45) is 10.9 Å². The molecule has 0 aliphatic heterocycles. The van der Waals surface area contributed by atoms with E-state index >= 15 is 0 Å². The number of aliphatic imine (C=N–C) groups is 1. The summed E-state index contributed by atoms with van der Waals surface area (Å²) >= 11 is 0. The Morgan fingerprint density at radius 2 is 1.96 bits per heavy atom. The van der Waals surface area contributed by atoms with Crippen molar-refractivity contribution in [3.63, 3.8) is 0 Å². The first-order valence-electron chi connectivity index (χ1n) is 9.04. The molecule has 144 valence electrons. The van der Waals surface area contributed by atoms with Gasteiger partial charge in [0, 0.05) is 38.0 Å². The largest absolute Gasteiger partial charge is 0.383 e. The molecule has 1 aromatic rings. The number of rotatable bonds is 6. The second-order valence-corrected chi connectivity index (χ2v) is 6.89. The van der Waals surface area contributed by atoms with Crippen LogP contribution in [-0.4, -0.2) is 42.5 Å². The highest BCUT2D eigenvalue weighted by molar-refractivity contribution is 14.0. The maximum absolute atomic E-state index is 5.15. The van der Waals surface area contributed by atoms with Crippen LogP contribution in [0, 0.1) is 19.8 Å². The van der Waals surface area contributed by atoms with Crippen LogP contribution in [0.25, 0.3) is 0 Å². The van der Waals surface area contributed by atoms with Crippen molar-refractivity contribution >= 4 is 29.9 Å². The molecule has 0 unspecified atom stereocenters. The van der Waals surface area contributed by atoms with E-state index in [2.05, 4.69) is 41.5 Å². The fourth-order valence-corrected chi connectivity index (χ4v) is 3.35. The molecule has 0 radical (unpaired) electrons. The Hall–Kier alpha value is -0.830. The minimum atomic E-state index is 0. The Kier molecular flexibility index (Phi) is 9.78. The predicted octanol–water partition coefficient (Wildman–Crippen LogP) is 3.01. The summed E-state index contributed by atoms with van der Waals surface area (Å²) in [6.45, 7) is 8.73. The van der Waals surface area contributed by atoms with Gasteiger partial charge in [-0.25, -0.2) is 0 Å². The Balaban J connectivity index is 0.00000312. The van der Waals surface area contributed by atoms with Crippen molar-refractivity contribution in [1.29, 1.82) is 0 Å². The molecule has 1 saturated carbocycles. The number of nitrogens with zero attached hydrogens (tertiary/aromatic N) is 3. The lowest BCUT2D eigenvalue weighted by Crippen LogP contribution is -2.44. The van der Waals surface area contributed by atoms with Gasteiger partial charge >= 0.3 is 0 Å². The molecule has 7 heteroatoms. The average molecular weight is 463 g/mol. The number of hydrogen-bond donors (Lipinski definition) is 2. The molecule has 0 aromatic carbocycles. The van der Waals surface area contributed by atoms with E-state index in [0.29, 0.717) is 12.6 Å². The van der Waals surface area contributed by atoms with E-state index < -0.39 is 0 Å². The molecule has 0 saturated heterocycles. The normalized spacial score (nSPS) is 20.9. The molecule has 25 heavy (non-hydrogen) atoms. The third-order valence-corrected chi connectivity index (χ3v) is 5.05. The van der Waals surface area contributed by atoms with E-state index in [1.807, 2.05) is 11.7 Å². The molecule has 0 amide bonds. The molecule has 1 fully saturated rings. The highest BCUT2D eigenvalue weighted by atomic mass is 127. The summed E-state index contributed by atoms with van der Waals surface area (Å²) in [5.41, 5.74) is 3.50. The lowest BCUT2D eigenvalue weighted by molar-refractivity contribution is 0.182. The molecule has 1 heterocycles. The van der Waals surface area contributed by atoms with Crippen molar-refractivity contribution < 1.29 is 4.74 Å². The molecular weight excluding hydrogens is 429 g/mol. The fraction of sp³-hybridized carbons (Fsp3) is 0.778. The Morgan fingerprint density at radius 3 is 2.56 bits per heavy atom. The molecular formula is C18H34IN5O. The van der Waals surface area contributed by atoms with Gasteiger partial charge in [0.2, 0.25) is 0 Å². The van der Waals surface area contributed by atoms with Gasteiger partial charge in [0.05, 0.1) is 18.8 Å². The first-order valence-corrected chi connectivity index (χ1v) is 9.04. The fourth-order valence-electron chi connectivity index (χ4n) is 3.35. The highest BCUT2D eigenvalue weighted by Gasteiger charge is 2.19. The topological polar surface area (TPSA) is 63.5 Å². The predicted molar refractivity (Wildman–Crippen MR) is 114 cm³/mol. The maximum atomic E-state index is 5.15. The number of methoxy groups -OCH3 is 1. The quantitative estimate of drug-likeness (QED) is 0.387. The third-order valence-electron chi connectivity index (χ3n) is 5.05. The lowest BCUT2D eigenvalue weighted by atomic mass is 9.87. The minimum absolute atomic E-state index is 0. The summed E-state index contributed by atoms with van der Waals surface area (Å²) in [6, 6.07) is 0.541. The minimum Gasteiger partial charge on any atom is -0.383 e.